The minimum atomic E-state index is -3.89. The highest BCUT2D eigenvalue weighted by Gasteiger charge is 2.23. The minimum Gasteiger partial charge on any atom is -0.367 e. The predicted molar refractivity (Wildman–Crippen MR) is 142 cm³/mol. The molecule has 1 aliphatic heterocycles. The number of anilines is 2. The second kappa shape index (κ2) is 12.2. The van der Waals surface area contributed by atoms with E-state index in [0.717, 1.165) is 13.1 Å². The first-order chi connectivity index (χ1) is 17.1. The molecule has 1 saturated heterocycles. The van der Waals surface area contributed by atoms with Crippen LogP contribution < -0.4 is 20.3 Å². The van der Waals surface area contributed by atoms with Gasteiger partial charge in [0.05, 0.1) is 22.8 Å². The second-order valence-electron chi connectivity index (χ2n) is 9.15. The summed E-state index contributed by atoms with van der Waals surface area (Å²) in [5.41, 5.74) is 1.95. The lowest BCUT2D eigenvalue weighted by molar-refractivity contribution is -0.121. The van der Waals surface area contributed by atoms with E-state index in [1.54, 1.807) is 56.4 Å². The molecule has 0 atom stereocenters. The standard InChI is InChI=1S/C25H36N6O4S/c1-19-7-5-6-8-23(19)36(34,35)28-21-17-20(9-10-22(21)31-15-11-26-12-16-31)25(33)30(4)18-24(32)27-13-14-29(2)3/h5-10,17,26,28H,11-16,18H2,1-4H3,(H,27,32). The first-order valence-corrected chi connectivity index (χ1v) is 13.4. The van der Waals surface area contributed by atoms with Crippen LogP contribution in [0.15, 0.2) is 47.4 Å². The number of likely N-dealkylation sites (N-methyl/N-ethyl adjacent to an activating group) is 2. The summed E-state index contributed by atoms with van der Waals surface area (Å²) in [5, 5.41) is 6.08. The average molecular weight is 517 g/mol. The van der Waals surface area contributed by atoms with Gasteiger partial charge < -0.3 is 25.3 Å². The van der Waals surface area contributed by atoms with Gasteiger partial charge in [-0.1, -0.05) is 18.2 Å². The number of rotatable bonds is 10. The maximum absolute atomic E-state index is 13.3. The summed E-state index contributed by atoms with van der Waals surface area (Å²) in [6.07, 6.45) is 0. The number of aryl methyl sites for hydroxylation is 1. The van der Waals surface area contributed by atoms with Gasteiger partial charge in [0, 0.05) is 51.9 Å². The van der Waals surface area contributed by atoms with Crippen molar-refractivity contribution in [3.05, 3.63) is 53.6 Å². The Balaban J connectivity index is 1.85. The van der Waals surface area contributed by atoms with Crippen molar-refractivity contribution in [3.63, 3.8) is 0 Å². The molecule has 2 aromatic rings. The largest absolute Gasteiger partial charge is 0.367 e. The Labute approximate surface area is 213 Å². The molecule has 0 aromatic heterocycles. The Bertz CT molecular complexity index is 1180. The van der Waals surface area contributed by atoms with Crippen LogP contribution in [-0.4, -0.2) is 97.0 Å². The number of carbonyl (C=O) groups excluding carboxylic acids is 2. The Hall–Kier alpha value is -3.15. The van der Waals surface area contributed by atoms with Crippen LogP contribution in [0.25, 0.3) is 0 Å². The summed E-state index contributed by atoms with van der Waals surface area (Å²) in [6.45, 7) is 5.78. The number of carbonyl (C=O) groups is 2. The number of benzene rings is 2. The lowest BCUT2D eigenvalue weighted by Crippen LogP contribution is -2.44. The van der Waals surface area contributed by atoms with Crippen molar-refractivity contribution in [2.24, 2.45) is 0 Å². The maximum Gasteiger partial charge on any atom is 0.262 e. The van der Waals surface area contributed by atoms with E-state index in [1.807, 2.05) is 19.0 Å². The molecule has 10 nitrogen and oxygen atoms in total. The molecule has 36 heavy (non-hydrogen) atoms. The van der Waals surface area contributed by atoms with E-state index in [4.69, 9.17) is 0 Å². The van der Waals surface area contributed by atoms with Gasteiger partial charge in [-0.25, -0.2) is 8.42 Å². The lowest BCUT2D eigenvalue weighted by atomic mass is 10.1. The third-order valence-electron chi connectivity index (χ3n) is 5.94. The molecule has 1 heterocycles. The summed E-state index contributed by atoms with van der Waals surface area (Å²) >= 11 is 0. The zero-order valence-corrected chi connectivity index (χ0v) is 22.2. The Kier molecular flexibility index (Phi) is 9.30. The number of hydrogen-bond acceptors (Lipinski definition) is 7. The van der Waals surface area contributed by atoms with E-state index in [2.05, 4.69) is 20.3 Å². The van der Waals surface area contributed by atoms with Gasteiger partial charge in [0.25, 0.3) is 15.9 Å². The Morgan fingerprint density at radius 1 is 1.06 bits per heavy atom. The Morgan fingerprint density at radius 2 is 1.75 bits per heavy atom. The van der Waals surface area contributed by atoms with E-state index >= 15 is 0 Å². The normalized spacial score (nSPS) is 14.0. The van der Waals surface area contributed by atoms with Gasteiger partial charge in [0.2, 0.25) is 5.91 Å². The highest BCUT2D eigenvalue weighted by molar-refractivity contribution is 7.92. The van der Waals surface area contributed by atoms with E-state index < -0.39 is 10.0 Å². The molecule has 2 aromatic carbocycles. The highest BCUT2D eigenvalue weighted by atomic mass is 32.2. The van der Waals surface area contributed by atoms with Gasteiger partial charge in [0.1, 0.15) is 0 Å². The molecule has 0 bridgehead atoms. The Morgan fingerprint density at radius 3 is 2.42 bits per heavy atom. The fourth-order valence-electron chi connectivity index (χ4n) is 3.97. The van der Waals surface area contributed by atoms with Gasteiger partial charge in [-0.15, -0.1) is 0 Å². The molecule has 0 spiro atoms. The fraction of sp³-hybridized carbons (Fsp3) is 0.440. The summed E-state index contributed by atoms with van der Waals surface area (Å²) in [6, 6.07) is 11.7. The van der Waals surface area contributed by atoms with Gasteiger partial charge in [-0.05, 0) is 50.8 Å². The molecule has 0 radical (unpaired) electrons. The molecule has 196 valence electrons. The van der Waals surface area contributed by atoms with Crippen molar-refractivity contribution in [2.75, 3.05) is 76.6 Å². The monoisotopic (exact) mass is 516 g/mol. The van der Waals surface area contributed by atoms with Crippen molar-refractivity contribution < 1.29 is 18.0 Å². The number of nitrogens with one attached hydrogen (secondary N) is 3. The van der Waals surface area contributed by atoms with Crippen molar-refractivity contribution in [1.29, 1.82) is 0 Å². The van der Waals surface area contributed by atoms with Gasteiger partial charge in [-0.3, -0.25) is 14.3 Å². The molecular formula is C25H36N6O4S. The molecule has 3 rings (SSSR count). The van der Waals surface area contributed by atoms with Gasteiger partial charge in [0.15, 0.2) is 0 Å². The molecule has 3 N–H and O–H groups in total. The SMILES string of the molecule is Cc1ccccc1S(=O)(=O)Nc1cc(C(=O)N(C)CC(=O)NCCN(C)C)ccc1N1CCNCC1. The van der Waals surface area contributed by atoms with Crippen LogP contribution in [0.1, 0.15) is 15.9 Å². The van der Waals surface area contributed by atoms with Crippen LogP contribution in [0, 0.1) is 6.92 Å². The summed E-state index contributed by atoms with van der Waals surface area (Å²) < 4.78 is 29.3. The minimum absolute atomic E-state index is 0.101. The number of amides is 2. The van der Waals surface area contributed by atoms with Gasteiger partial charge >= 0.3 is 0 Å². The summed E-state index contributed by atoms with van der Waals surface area (Å²) in [7, 11) is 1.49. The van der Waals surface area contributed by atoms with Crippen molar-refractivity contribution in [2.45, 2.75) is 11.8 Å². The molecule has 11 heteroatoms. The van der Waals surface area contributed by atoms with Crippen molar-refractivity contribution in [3.8, 4) is 0 Å². The quantitative estimate of drug-likeness (QED) is 0.431. The van der Waals surface area contributed by atoms with Crippen LogP contribution in [-0.2, 0) is 14.8 Å². The number of nitrogens with zero attached hydrogens (tertiary/aromatic N) is 3. The van der Waals surface area contributed by atoms with Crippen LogP contribution >= 0.6 is 0 Å². The summed E-state index contributed by atoms with van der Waals surface area (Å²) in [5.74, 6) is -0.633. The number of piperazine rings is 1. The van der Waals surface area contributed by atoms with Crippen LogP contribution in [0.4, 0.5) is 11.4 Å². The second-order valence-corrected chi connectivity index (χ2v) is 10.8. The third-order valence-corrected chi connectivity index (χ3v) is 7.46. The summed E-state index contributed by atoms with van der Waals surface area (Å²) in [4.78, 5) is 30.9. The first-order valence-electron chi connectivity index (χ1n) is 11.9. The van der Waals surface area contributed by atoms with Crippen LogP contribution in [0.5, 0.6) is 0 Å². The molecule has 2 amide bonds. The molecule has 1 aliphatic rings. The van der Waals surface area contributed by atoms with Crippen LogP contribution in [0.2, 0.25) is 0 Å². The zero-order chi connectivity index (χ0) is 26.3. The van der Waals surface area contributed by atoms with Crippen LogP contribution in [0.3, 0.4) is 0 Å². The smallest absolute Gasteiger partial charge is 0.262 e. The third kappa shape index (κ3) is 7.19. The molecule has 1 fully saturated rings. The van der Waals surface area contributed by atoms with E-state index in [1.165, 1.54) is 4.90 Å². The first kappa shape index (κ1) is 27.4. The predicted octanol–water partition coefficient (Wildman–Crippen LogP) is 0.955. The average Bonchev–Trinajstić information content (AvgIpc) is 2.83. The zero-order valence-electron chi connectivity index (χ0n) is 21.4. The van der Waals surface area contributed by atoms with E-state index in [9.17, 15) is 18.0 Å². The molecule has 0 aliphatic carbocycles. The van der Waals surface area contributed by atoms with Crippen molar-refractivity contribution >= 4 is 33.2 Å². The molecular weight excluding hydrogens is 480 g/mol. The number of sulfonamides is 1. The van der Waals surface area contributed by atoms with E-state index in [-0.39, 0.29) is 23.3 Å². The maximum atomic E-state index is 13.3. The molecule has 0 unspecified atom stereocenters. The highest BCUT2D eigenvalue weighted by Crippen LogP contribution is 2.31. The topological polar surface area (TPSA) is 114 Å². The fourth-order valence-corrected chi connectivity index (χ4v) is 5.29. The van der Waals surface area contributed by atoms with Crippen molar-refractivity contribution in [1.82, 2.24) is 20.4 Å². The van der Waals surface area contributed by atoms with E-state index in [0.29, 0.717) is 48.7 Å². The lowest BCUT2D eigenvalue weighted by Gasteiger charge is -2.31. The number of hydrogen-bond donors (Lipinski definition) is 3. The molecule has 0 saturated carbocycles. The van der Waals surface area contributed by atoms with Gasteiger partial charge in [-0.2, -0.15) is 0 Å².